The van der Waals surface area contributed by atoms with Crippen molar-refractivity contribution in [1.82, 2.24) is 25.0 Å². The number of benzene rings is 1. The van der Waals surface area contributed by atoms with Crippen LogP contribution in [0.4, 0.5) is 5.95 Å². The Hall–Kier alpha value is -3.29. The van der Waals surface area contributed by atoms with Crippen molar-refractivity contribution < 1.29 is 0 Å². The molecule has 2 heterocycles. The Kier molecular flexibility index (Phi) is 4.19. The van der Waals surface area contributed by atoms with Gasteiger partial charge in [-0.2, -0.15) is 10.2 Å². The van der Waals surface area contributed by atoms with Crippen molar-refractivity contribution >= 4 is 12.2 Å². The highest BCUT2D eigenvalue weighted by Gasteiger charge is 2.10. The summed E-state index contributed by atoms with van der Waals surface area (Å²) in [6.07, 6.45) is 1.65. The van der Waals surface area contributed by atoms with Gasteiger partial charge in [-0.05, 0) is 32.9 Å². The molecule has 8 heteroatoms. The molecule has 0 aliphatic carbocycles. The van der Waals surface area contributed by atoms with Crippen molar-refractivity contribution in [2.45, 2.75) is 20.8 Å². The molecule has 1 aromatic carbocycles. The first kappa shape index (κ1) is 15.6. The van der Waals surface area contributed by atoms with E-state index in [0.29, 0.717) is 5.69 Å². The quantitative estimate of drug-likeness (QED) is 0.562. The lowest BCUT2D eigenvalue weighted by molar-refractivity contribution is 0.833. The van der Waals surface area contributed by atoms with Gasteiger partial charge in [0.05, 0.1) is 23.3 Å². The van der Waals surface area contributed by atoms with E-state index in [0.717, 1.165) is 22.6 Å². The van der Waals surface area contributed by atoms with Crippen LogP contribution in [0, 0.1) is 20.8 Å². The molecule has 0 fully saturated rings. The van der Waals surface area contributed by atoms with Crippen LogP contribution in [-0.2, 0) is 0 Å². The third-order valence-corrected chi connectivity index (χ3v) is 3.57. The second kappa shape index (κ2) is 6.45. The Labute approximate surface area is 138 Å². The van der Waals surface area contributed by atoms with Gasteiger partial charge in [0.25, 0.3) is 5.56 Å². The number of hydrogen-bond donors (Lipinski definition) is 2. The fourth-order valence-corrected chi connectivity index (χ4v) is 2.26. The van der Waals surface area contributed by atoms with Gasteiger partial charge in [0, 0.05) is 5.56 Å². The fourth-order valence-electron chi connectivity index (χ4n) is 2.26. The summed E-state index contributed by atoms with van der Waals surface area (Å²) in [6.45, 7) is 5.48. The van der Waals surface area contributed by atoms with Crippen molar-refractivity contribution in [3.8, 4) is 5.69 Å². The van der Waals surface area contributed by atoms with Gasteiger partial charge in [0.1, 0.15) is 5.69 Å². The number of aromatic nitrogens is 5. The number of rotatable bonds is 4. The molecule has 8 nitrogen and oxygen atoms in total. The lowest BCUT2D eigenvalue weighted by atomic mass is 10.2. The smallest absolute Gasteiger partial charge is 0.274 e. The van der Waals surface area contributed by atoms with E-state index in [9.17, 15) is 4.79 Å². The first-order chi connectivity index (χ1) is 11.6. The predicted octanol–water partition coefficient (Wildman–Crippen LogP) is 1.72. The second-order valence-corrected chi connectivity index (χ2v) is 5.29. The average molecular weight is 323 g/mol. The summed E-state index contributed by atoms with van der Waals surface area (Å²) >= 11 is 0. The molecule has 0 saturated heterocycles. The number of aromatic amines is 1. The molecule has 3 rings (SSSR count). The highest BCUT2D eigenvalue weighted by molar-refractivity contribution is 5.83. The summed E-state index contributed by atoms with van der Waals surface area (Å²) in [7, 11) is 0. The van der Waals surface area contributed by atoms with Crippen molar-refractivity contribution in [2.75, 3.05) is 5.43 Å². The van der Waals surface area contributed by atoms with Crippen molar-refractivity contribution in [2.24, 2.45) is 5.10 Å². The summed E-state index contributed by atoms with van der Waals surface area (Å²) in [5, 5.41) is 16.2. The zero-order chi connectivity index (χ0) is 17.1. The molecule has 2 N–H and O–H groups in total. The van der Waals surface area contributed by atoms with E-state index in [-0.39, 0.29) is 11.5 Å². The summed E-state index contributed by atoms with van der Waals surface area (Å²) in [5.41, 5.74) is 6.37. The van der Waals surface area contributed by atoms with Gasteiger partial charge in [-0.3, -0.25) is 9.78 Å². The van der Waals surface area contributed by atoms with E-state index >= 15 is 0 Å². The third-order valence-electron chi connectivity index (χ3n) is 3.57. The van der Waals surface area contributed by atoms with Crippen LogP contribution in [-0.4, -0.2) is 31.2 Å². The molecule has 0 atom stereocenters. The van der Waals surface area contributed by atoms with Crippen LogP contribution in [0.2, 0.25) is 0 Å². The molecular formula is C16H17N7O. The number of para-hydroxylation sites is 1. The molecule has 3 aromatic rings. The minimum Gasteiger partial charge on any atom is -0.288 e. The number of nitrogens with zero attached hydrogens (tertiary/aromatic N) is 5. The standard InChI is InChI=1S/C16H17N7O/c1-10-14(9-17-20-16-18-15(24)11(2)19-21-16)12(3)23(22-10)13-7-5-4-6-8-13/h4-9H,1-3H3,(H2,18,20,21,24)/b17-9+. The van der Waals surface area contributed by atoms with Crippen LogP contribution < -0.4 is 11.0 Å². The Bertz CT molecular complexity index is 941. The number of aryl methyl sites for hydroxylation is 2. The SMILES string of the molecule is Cc1nn(-c2ccccc2)c(C)c1/C=N/Nc1nnc(C)c(=O)[nH]1. The molecule has 0 aliphatic rings. The molecule has 0 amide bonds. The van der Waals surface area contributed by atoms with E-state index < -0.39 is 0 Å². The largest absolute Gasteiger partial charge is 0.288 e. The highest BCUT2D eigenvalue weighted by atomic mass is 16.1. The molecular weight excluding hydrogens is 306 g/mol. The maximum absolute atomic E-state index is 11.5. The lowest BCUT2D eigenvalue weighted by Crippen LogP contribution is -2.15. The van der Waals surface area contributed by atoms with Crippen molar-refractivity contribution in [3.05, 3.63) is 63.3 Å². The van der Waals surface area contributed by atoms with Gasteiger partial charge in [0.15, 0.2) is 0 Å². The second-order valence-electron chi connectivity index (χ2n) is 5.29. The minimum atomic E-state index is -0.299. The van der Waals surface area contributed by atoms with Crippen LogP contribution in [0.5, 0.6) is 0 Å². The normalized spacial score (nSPS) is 11.1. The number of anilines is 1. The van der Waals surface area contributed by atoms with Gasteiger partial charge in [-0.15, -0.1) is 10.2 Å². The van der Waals surface area contributed by atoms with Crippen molar-refractivity contribution in [1.29, 1.82) is 0 Å². The summed E-state index contributed by atoms with van der Waals surface area (Å²) in [4.78, 5) is 14.0. The Morgan fingerprint density at radius 3 is 2.58 bits per heavy atom. The summed E-state index contributed by atoms with van der Waals surface area (Å²) in [5.74, 6) is 0.188. The molecule has 0 saturated carbocycles. The maximum Gasteiger partial charge on any atom is 0.274 e. The highest BCUT2D eigenvalue weighted by Crippen LogP contribution is 2.16. The van der Waals surface area contributed by atoms with E-state index in [4.69, 9.17) is 0 Å². The van der Waals surface area contributed by atoms with E-state index in [2.05, 4.69) is 30.8 Å². The zero-order valence-electron chi connectivity index (χ0n) is 13.6. The van der Waals surface area contributed by atoms with Crippen LogP contribution in [0.25, 0.3) is 5.69 Å². The van der Waals surface area contributed by atoms with Crippen LogP contribution in [0.1, 0.15) is 22.6 Å². The Balaban J connectivity index is 1.84. The van der Waals surface area contributed by atoms with Gasteiger partial charge >= 0.3 is 0 Å². The number of hydrogen-bond acceptors (Lipinski definition) is 6. The molecule has 2 aromatic heterocycles. The lowest BCUT2D eigenvalue weighted by Gasteiger charge is -2.03. The Morgan fingerprint density at radius 2 is 1.88 bits per heavy atom. The van der Waals surface area contributed by atoms with Gasteiger partial charge < -0.3 is 0 Å². The number of H-pyrrole nitrogens is 1. The van der Waals surface area contributed by atoms with Gasteiger partial charge in [0.2, 0.25) is 5.95 Å². The van der Waals surface area contributed by atoms with Crippen molar-refractivity contribution in [3.63, 3.8) is 0 Å². The van der Waals surface area contributed by atoms with Crippen LogP contribution >= 0.6 is 0 Å². The zero-order valence-corrected chi connectivity index (χ0v) is 13.6. The molecule has 0 radical (unpaired) electrons. The maximum atomic E-state index is 11.5. The third kappa shape index (κ3) is 3.07. The Morgan fingerprint density at radius 1 is 1.12 bits per heavy atom. The monoisotopic (exact) mass is 323 g/mol. The average Bonchev–Trinajstić information content (AvgIpc) is 2.87. The van der Waals surface area contributed by atoms with E-state index in [1.807, 2.05) is 48.9 Å². The van der Waals surface area contributed by atoms with Crippen LogP contribution in [0.3, 0.4) is 0 Å². The van der Waals surface area contributed by atoms with E-state index in [1.165, 1.54) is 0 Å². The minimum absolute atomic E-state index is 0.188. The van der Waals surface area contributed by atoms with Gasteiger partial charge in [-0.25, -0.2) is 10.1 Å². The molecule has 122 valence electrons. The molecule has 24 heavy (non-hydrogen) atoms. The predicted molar refractivity (Wildman–Crippen MR) is 91.6 cm³/mol. The topological polar surface area (TPSA) is 101 Å². The molecule has 0 aliphatic heterocycles. The molecule has 0 unspecified atom stereocenters. The number of nitrogens with one attached hydrogen (secondary N) is 2. The summed E-state index contributed by atoms with van der Waals surface area (Å²) in [6, 6.07) is 9.88. The van der Waals surface area contributed by atoms with Crippen LogP contribution in [0.15, 0.2) is 40.2 Å². The van der Waals surface area contributed by atoms with Gasteiger partial charge in [-0.1, -0.05) is 18.2 Å². The summed E-state index contributed by atoms with van der Waals surface area (Å²) < 4.78 is 1.87. The molecule has 0 bridgehead atoms. The molecule has 0 spiro atoms. The first-order valence-electron chi connectivity index (χ1n) is 7.40. The number of hydrazone groups is 1. The fraction of sp³-hybridized carbons (Fsp3) is 0.188. The van der Waals surface area contributed by atoms with E-state index in [1.54, 1.807) is 13.1 Å². The first-order valence-corrected chi connectivity index (χ1v) is 7.40.